The summed E-state index contributed by atoms with van der Waals surface area (Å²) in [5, 5.41) is 5.08. The fourth-order valence-electron chi connectivity index (χ4n) is 2.87. The molecule has 0 bridgehead atoms. The predicted molar refractivity (Wildman–Crippen MR) is 97.0 cm³/mol. The molecule has 0 spiro atoms. The van der Waals surface area contributed by atoms with Crippen LogP contribution in [0.15, 0.2) is 47.6 Å². The zero-order valence-electron chi connectivity index (χ0n) is 14.3. The van der Waals surface area contributed by atoms with Crippen LogP contribution in [-0.2, 0) is 21.2 Å². The average molecular weight is 375 g/mol. The normalized spacial score (nSPS) is 15.1. The minimum absolute atomic E-state index is 0.0758. The minimum atomic E-state index is -3.69. The topological polar surface area (TPSA) is 109 Å². The second-order valence-corrected chi connectivity index (χ2v) is 7.67. The first kappa shape index (κ1) is 18.3. The summed E-state index contributed by atoms with van der Waals surface area (Å²) in [4.78, 5) is 24.9. The van der Waals surface area contributed by atoms with Crippen molar-refractivity contribution in [1.29, 1.82) is 0 Å². The van der Waals surface area contributed by atoms with Crippen LogP contribution in [0.5, 0.6) is 0 Å². The van der Waals surface area contributed by atoms with Gasteiger partial charge in [0.1, 0.15) is 0 Å². The molecule has 1 aromatic heterocycles. The molecule has 3 rings (SSSR count). The summed E-state index contributed by atoms with van der Waals surface area (Å²) in [5.41, 5.74) is 0.905. The third-order valence-corrected chi connectivity index (χ3v) is 5.28. The lowest BCUT2D eigenvalue weighted by Gasteiger charge is -2.34. The molecule has 1 fully saturated rings. The molecule has 1 saturated heterocycles. The van der Waals surface area contributed by atoms with E-state index in [0.29, 0.717) is 45.0 Å². The first-order valence-electron chi connectivity index (χ1n) is 8.35. The number of sulfonamides is 1. The SMILES string of the molecule is NS(=O)(=O)c1ccc(CCC(=O)N2CCN(c3ncccn3)CC2)cc1. The zero-order valence-corrected chi connectivity index (χ0v) is 15.1. The number of hydrogen-bond acceptors (Lipinski definition) is 6. The van der Waals surface area contributed by atoms with Crippen molar-refractivity contribution in [2.45, 2.75) is 17.7 Å². The number of benzene rings is 1. The molecule has 138 valence electrons. The second-order valence-electron chi connectivity index (χ2n) is 6.11. The molecule has 0 radical (unpaired) electrons. The lowest BCUT2D eigenvalue weighted by Crippen LogP contribution is -2.49. The van der Waals surface area contributed by atoms with Crippen LogP contribution >= 0.6 is 0 Å². The summed E-state index contributed by atoms with van der Waals surface area (Å²) < 4.78 is 22.5. The Hall–Kier alpha value is -2.52. The van der Waals surface area contributed by atoms with Crippen molar-refractivity contribution in [3.05, 3.63) is 48.3 Å². The number of amides is 1. The Morgan fingerprint density at radius 3 is 2.23 bits per heavy atom. The summed E-state index contributed by atoms with van der Waals surface area (Å²) in [6.07, 6.45) is 4.37. The highest BCUT2D eigenvalue weighted by atomic mass is 32.2. The van der Waals surface area contributed by atoms with Gasteiger partial charge < -0.3 is 9.80 Å². The van der Waals surface area contributed by atoms with Crippen LogP contribution in [0.25, 0.3) is 0 Å². The van der Waals surface area contributed by atoms with Gasteiger partial charge in [0.25, 0.3) is 0 Å². The number of aryl methyl sites for hydroxylation is 1. The van der Waals surface area contributed by atoms with Crippen LogP contribution in [0.3, 0.4) is 0 Å². The molecule has 26 heavy (non-hydrogen) atoms. The van der Waals surface area contributed by atoms with Gasteiger partial charge in [-0.05, 0) is 30.2 Å². The van der Waals surface area contributed by atoms with Crippen LogP contribution in [-0.4, -0.2) is 55.4 Å². The van der Waals surface area contributed by atoms with Gasteiger partial charge in [0.05, 0.1) is 4.90 Å². The lowest BCUT2D eigenvalue weighted by atomic mass is 10.1. The molecule has 9 heteroatoms. The molecule has 0 saturated carbocycles. The predicted octanol–water partition coefficient (Wildman–Crippen LogP) is 0.405. The van der Waals surface area contributed by atoms with Crippen molar-refractivity contribution >= 4 is 21.9 Å². The number of primary sulfonamides is 1. The number of nitrogens with two attached hydrogens (primary N) is 1. The van der Waals surface area contributed by atoms with E-state index in [0.717, 1.165) is 5.56 Å². The van der Waals surface area contributed by atoms with E-state index >= 15 is 0 Å². The third-order valence-electron chi connectivity index (χ3n) is 4.35. The van der Waals surface area contributed by atoms with Crippen molar-refractivity contribution in [3.8, 4) is 0 Å². The molecule has 1 aromatic carbocycles. The Morgan fingerprint density at radius 2 is 1.65 bits per heavy atom. The molecular formula is C17H21N5O3S. The number of rotatable bonds is 5. The van der Waals surface area contributed by atoms with E-state index in [1.54, 1.807) is 30.6 Å². The van der Waals surface area contributed by atoms with Crippen LogP contribution in [0, 0.1) is 0 Å². The van der Waals surface area contributed by atoms with Crippen LogP contribution < -0.4 is 10.0 Å². The van der Waals surface area contributed by atoms with Gasteiger partial charge in [-0.2, -0.15) is 0 Å². The van der Waals surface area contributed by atoms with E-state index in [-0.39, 0.29) is 10.8 Å². The number of hydrogen-bond donors (Lipinski definition) is 1. The molecule has 0 atom stereocenters. The highest BCUT2D eigenvalue weighted by molar-refractivity contribution is 7.89. The van der Waals surface area contributed by atoms with E-state index in [2.05, 4.69) is 14.9 Å². The van der Waals surface area contributed by atoms with E-state index in [9.17, 15) is 13.2 Å². The maximum absolute atomic E-state index is 12.4. The molecule has 2 aromatic rings. The van der Waals surface area contributed by atoms with Gasteiger partial charge in [0.2, 0.25) is 21.9 Å². The Balaban J connectivity index is 1.49. The van der Waals surface area contributed by atoms with Gasteiger partial charge in [-0.3, -0.25) is 4.79 Å². The van der Waals surface area contributed by atoms with Gasteiger partial charge in [-0.1, -0.05) is 12.1 Å². The highest BCUT2D eigenvalue weighted by Gasteiger charge is 2.22. The summed E-state index contributed by atoms with van der Waals surface area (Å²) in [6.45, 7) is 2.69. The summed E-state index contributed by atoms with van der Waals surface area (Å²) >= 11 is 0. The van der Waals surface area contributed by atoms with E-state index in [1.807, 2.05) is 4.90 Å². The zero-order chi connectivity index (χ0) is 18.6. The van der Waals surface area contributed by atoms with Crippen molar-refractivity contribution in [3.63, 3.8) is 0 Å². The van der Waals surface area contributed by atoms with Crippen molar-refractivity contribution < 1.29 is 13.2 Å². The molecular weight excluding hydrogens is 354 g/mol. The molecule has 1 aliphatic heterocycles. The average Bonchev–Trinajstić information content (AvgIpc) is 2.66. The van der Waals surface area contributed by atoms with Gasteiger partial charge in [-0.25, -0.2) is 23.5 Å². The molecule has 1 aliphatic rings. The van der Waals surface area contributed by atoms with Crippen molar-refractivity contribution in [2.75, 3.05) is 31.1 Å². The maximum Gasteiger partial charge on any atom is 0.238 e. The van der Waals surface area contributed by atoms with Crippen LogP contribution in [0.2, 0.25) is 0 Å². The molecule has 1 amide bonds. The Labute approximate surface area is 152 Å². The lowest BCUT2D eigenvalue weighted by molar-refractivity contribution is -0.131. The monoisotopic (exact) mass is 375 g/mol. The van der Waals surface area contributed by atoms with E-state index in [1.165, 1.54) is 12.1 Å². The highest BCUT2D eigenvalue weighted by Crippen LogP contribution is 2.13. The fourth-order valence-corrected chi connectivity index (χ4v) is 3.38. The van der Waals surface area contributed by atoms with Gasteiger partial charge in [0, 0.05) is 45.0 Å². The van der Waals surface area contributed by atoms with Crippen LogP contribution in [0.1, 0.15) is 12.0 Å². The maximum atomic E-state index is 12.4. The van der Waals surface area contributed by atoms with Gasteiger partial charge >= 0.3 is 0 Å². The fraction of sp³-hybridized carbons (Fsp3) is 0.353. The Morgan fingerprint density at radius 1 is 1.04 bits per heavy atom. The van der Waals surface area contributed by atoms with Gasteiger partial charge in [-0.15, -0.1) is 0 Å². The first-order chi connectivity index (χ1) is 12.4. The number of carbonyl (C=O) groups excluding carboxylic acids is 1. The Kier molecular flexibility index (Phi) is 5.48. The standard InChI is InChI=1S/C17H21N5O3S/c18-26(24,25)15-5-2-14(3-6-15)4-7-16(23)21-10-12-22(13-11-21)17-19-8-1-9-20-17/h1-3,5-6,8-9H,4,7,10-13H2,(H2,18,24,25). The molecule has 2 N–H and O–H groups in total. The Bertz CT molecular complexity index is 848. The first-order valence-corrected chi connectivity index (χ1v) is 9.89. The largest absolute Gasteiger partial charge is 0.339 e. The van der Waals surface area contributed by atoms with Gasteiger partial charge in [0.15, 0.2) is 0 Å². The minimum Gasteiger partial charge on any atom is -0.339 e. The summed E-state index contributed by atoms with van der Waals surface area (Å²) in [7, 11) is -3.69. The molecule has 2 heterocycles. The van der Waals surface area contributed by atoms with Crippen molar-refractivity contribution in [2.24, 2.45) is 5.14 Å². The summed E-state index contributed by atoms with van der Waals surface area (Å²) in [5.74, 6) is 0.781. The summed E-state index contributed by atoms with van der Waals surface area (Å²) in [6, 6.07) is 8.09. The smallest absolute Gasteiger partial charge is 0.238 e. The van der Waals surface area contributed by atoms with Crippen LogP contribution in [0.4, 0.5) is 5.95 Å². The number of piperazine rings is 1. The van der Waals surface area contributed by atoms with Crippen molar-refractivity contribution in [1.82, 2.24) is 14.9 Å². The number of aromatic nitrogens is 2. The number of carbonyl (C=O) groups is 1. The van der Waals surface area contributed by atoms with E-state index in [4.69, 9.17) is 5.14 Å². The molecule has 0 unspecified atom stereocenters. The van der Waals surface area contributed by atoms with E-state index < -0.39 is 10.0 Å². The third kappa shape index (κ3) is 4.55. The second kappa shape index (κ2) is 7.79. The quantitative estimate of drug-likeness (QED) is 0.810. The number of nitrogens with zero attached hydrogens (tertiary/aromatic N) is 4. The molecule has 8 nitrogen and oxygen atoms in total. The molecule has 0 aliphatic carbocycles. The number of anilines is 1.